The van der Waals surface area contributed by atoms with Crippen molar-refractivity contribution in [2.75, 3.05) is 12.4 Å². The van der Waals surface area contributed by atoms with E-state index in [1.54, 1.807) is 12.1 Å². The number of alkyl halides is 3. The van der Waals surface area contributed by atoms with Gasteiger partial charge in [0.2, 0.25) is 5.91 Å². The third-order valence-electron chi connectivity index (χ3n) is 3.77. The van der Waals surface area contributed by atoms with Gasteiger partial charge in [-0.15, -0.1) is 0 Å². The number of rotatable bonds is 5. The number of hydrogen-bond donors (Lipinski definition) is 1. The molecule has 0 unspecified atom stereocenters. The second-order valence-electron chi connectivity index (χ2n) is 5.68. The Balaban J connectivity index is 1.78. The Kier molecular flexibility index (Phi) is 5.21. The summed E-state index contributed by atoms with van der Waals surface area (Å²) in [4.78, 5) is 28.4. The maximum absolute atomic E-state index is 12.9. The van der Waals surface area contributed by atoms with Crippen molar-refractivity contribution in [3.8, 4) is 17.2 Å². The van der Waals surface area contributed by atoms with Crippen LogP contribution in [0, 0.1) is 0 Å². The van der Waals surface area contributed by atoms with Gasteiger partial charge in [-0.2, -0.15) is 13.2 Å². The van der Waals surface area contributed by atoms with E-state index in [9.17, 15) is 22.8 Å². The molecule has 0 aliphatic carbocycles. The molecule has 0 bridgehead atoms. The highest BCUT2D eigenvalue weighted by molar-refractivity contribution is 5.92. The number of halogens is 3. The van der Waals surface area contributed by atoms with Crippen molar-refractivity contribution in [1.82, 2.24) is 9.55 Å². The third kappa shape index (κ3) is 4.22. The van der Waals surface area contributed by atoms with Crippen LogP contribution in [0.4, 0.5) is 18.9 Å². The Morgan fingerprint density at radius 1 is 1.29 bits per heavy atom. The number of ether oxygens (including phenoxy) is 1. The number of aromatic nitrogens is 2. The van der Waals surface area contributed by atoms with E-state index in [2.05, 4.69) is 10.3 Å². The van der Waals surface area contributed by atoms with Gasteiger partial charge in [-0.25, -0.2) is 4.98 Å². The molecule has 0 spiro atoms. The number of carbonyl (C=O) groups excluding carboxylic acids is 1. The Morgan fingerprint density at radius 2 is 2.07 bits per heavy atom. The zero-order chi connectivity index (χ0) is 20.3. The average molecular weight is 393 g/mol. The van der Waals surface area contributed by atoms with Crippen molar-refractivity contribution in [3.63, 3.8) is 0 Å². The molecule has 1 amide bonds. The van der Waals surface area contributed by atoms with Gasteiger partial charge in [0.15, 0.2) is 5.76 Å². The molecule has 28 heavy (non-hydrogen) atoms. The van der Waals surface area contributed by atoms with Gasteiger partial charge in [-0.05, 0) is 30.3 Å². The zero-order valence-corrected chi connectivity index (χ0v) is 14.5. The molecule has 3 rings (SSSR count). The van der Waals surface area contributed by atoms with Crippen LogP contribution >= 0.6 is 0 Å². The van der Waals surface area contributed by atoms with Gasteiger partial charge in [-0.3, -0.25) is 14.2 Å². The van der Waals surface area contributed by atoms with Crippen LogP contribution in [0.1, 0.15) is 5.56 Å². The predicted molar refractivity (Wildman–Crippen MR) is 92.8 cm³/mol. The molecule has 0 saturated heterocycles. The minimum Gasteiger partial charge on any atom is -0.495 e. The lowest BCUT2D eigenvalue weighted by molar-refractivity contribution is -0.137. The van der Waals surface area contributed by atoms with Gasteiger partial charge in [-0.1, -0.05) is 0 Å². The number of methoxy groups -OCH3 is 1. The second-order valence-corrected chi connectivity index (χ2v) is 5.68. The van der Waals surface area contributed by atoms with Crippen LogP contribution in [0.25, 0.3) is 11.5 Å². The van der Waals surface area contributed by atoms with E-state index in [4.69, 9.17) is 9.15 Å². The molecular weight excluding hydrogens is 379 g/mol. The molecule has 3 aromatic rings. The maximum atomic E-state index is 12.9. The smallest absolute Gasteiger partial charge is 0.416 e. The van der Waals surface area contributed by atoms with Crippen molar-refractivity contribution >= 4 is 11.6 Å². The van der Waals surface area contributed by atoms with Crippen molar-refractivity contribution < 1.29 is 27.1 Å². The fraction of sp³-hybridized carbons (Fsp3) is 0.167. The van der Waals surface area contributed by atoms with E-state index in [1.165, 1.54) is 19.4 Å². The minimum atomic E-state index is -4.58. The summed E-state index contributed by atoms with van der Waals surface area (Å²) in [6, 6.07) is 7.16. The summed E-state index contributed by atoms with van der Waals surface area (Å²) < 4.78 is 49.8. The molecule has 1 N–H and O–H groups in total. The highest BCUT2D eigenvalue weighted by Gasteiger charge is 2.31. The van der Waals surface area contributed by atoms with Gasteiger partial charge in [0.05, 0.1) is 31.0 Å². The first-order chi connectivity index (χ1) is 13.3. The number of anilines is 1. The van der Waals surface area contributed by atoms with Gasteiger partial charge in [0, 0.05) is 6.07 Å². The standard InChI is InChI=1S/C18H14F3N3O4/c1-27-14-5-4-11(18(19,20)21)7-13(14)23-16(25)9-24-10-22-12(8-17(24)26)15-3-2-6-28-15/h2-8,10H,9H2,1H3,(H,23,25). The Hall–Kier alpha value is -3.56. The molecule has 7 nitrogen and oxygen atoms in total. The van der Waals surface area contributed by atoms with Crippen LogP contribution in [-0.4, -0.2) is 22.6 Å². The first kappa shape index (κ1) is 19.2. The number of furan rings is 1. The van der Waals surface area contributed by atoms with Gasteiger partial charge < -0.3 is 14.5 Å². The Labute approximate surface area is 156 Å². The van der Waals surface area contributed by atoms with E-state index in [-0.39, 0.29) is 11.4 Å². The Morgan fingerprint density at radius 3 is 2.68 bits per heavy atom. The van der Waals surface area contributed by atoms with E-state index >= 15 is 0 Å². The lowest BCUT2D eigenvalue weighted by atomic mass is 10.1. The minimum absolute atomic E-state index is 0.0555. The predicted octanol–water partition coefficient (Wildman–Crippen LogP) is 3.17. The molecule has 0 aliphatic rings. The molecule has 146 valence electrons. The summed E-state index contributed by atoms with van der Waals surface area (Å²) in [5, 5.41) is 2.32. The third-order valence-corrected chi connectivity index (χ3v) is 3.77. The molecule has 0 atom stereocenters. The van der Waals surface area contributed by atoms with Crippen LogP contribution < -0.4 is 15.6 Å². The van der Waals surface area contributed by atoms with Gasteiger partial charge in [0.1, 0.15) is 18.0 Å². The molecule has 2 heterocycles. The van der Waals surface area contributed by atoms with Crippen LogP contribution in [0.5, 0.6) is 5.75 Å². The largest absolute Gasteiger partial charge is 0.495 e. The van der Waals surface area contributed by atoms with E-state index in [1.807, 2.05) is 0 Å². The summed E-state index contributed by atoms with van der Waals surface area (Å²) in [6.45, 7) is -0.441. The first-order valence-corrected chi connectivity index (χ1v) is 7.93. The normalized spacial score (nSPS) is 11.3. The summed E-state index contributed by atoms with van der Waals surface area (Å²) >= 11 is 0. The number of hydrogen-bond acceptors (Lipinski definition) is 5. The zero-order valence-electron chi connectivity index (χ0n) is 14.5. The number of carbonyl (C=O) groups is 1. The SMILES string of the molecule is COc1ccc(C(F)(F)F)cc1NC(=O)Cn1cnc(-c2ccco2)cc1=O. The van der Waals surface area contributed by atoms with Crippen molar-refractivity contribution in [1.29, 1.82) is 0 Å². The summed E-state index contributed by atoms with van der Waals surface area (Å²) in [7, 11) is 1.26. The van der Waals surface area contributed by atoms with Crippen molar-refractivity contribution in [2.45, 2.75) is 12.7 Å². The maximum Gasteiger partial charge on any atom is 0.416 e. The monoisotopic (exact) mass is 393 g/mol. The number of amides is 1. The summed E-state index contributed by atoms with van der Waals surface area (Å²) in [5.74, 6) is -0.269. The van der Waals surface area contributed by atoms with Crippen LogP contribution in [0.2, 0.25) is 0 Å². The van der Waals surface area contributed by atoms with Crippen LogP contribution in [-0.2, 0) is 17.5 Å². The Bertz CT molecular complexity index is 1040. The van der Waals surface area contributed by atoms with Crippen molar-refractivity contribution in [2.24, 2.45) is 0 Å². The van der Waals surface area contributed by atoms with Crippen LogP contribution in [0.3, 0.4) is 0 Å². The lowest BCUT2D eigenvalue weighted by Crippen LogP contribution is -2.27. The lowest BCUT2D eigenvalue weighted by Gasteiger charge is -2.14. The number of nitrogens with zero attached hydrogens (tertiary/aromatic N) is 2. The fourth-order valence-electron chi connectivity index (χ4n) is 2.43. The van der Waals surface area contributed by atoms with Crippen LogP contribution in [0.15, 0.2) is 58.2 Å². The molecular formula is C18H14F3N3O4. The molecule has 0 aliphatic heterocycles. The van der Waals surface area contributed by atoms with Crippen molar-refractivity contribution in [3.05, 3.63) is 64.9 Å². The van der Waals surface area contributed by atoms with E-state index < -0.39 is 29.8 Å². The summed E-state index contributed by atoms with van der Waals surface area (Å²) in [5.41, 5.74) is -1.32. The van der Waals surface area contributed by atoms with Gasteiger partial charge >= 0.3 is 6.18 Å². The topological polar surface area (TPSA) is 86.4 Å². The highest BCUT2D eigenvalue weighted by atomic mass is 19.4. The van der Waals surface area contributed by atoms with E-state index in [0.717, 1.165) is 29.1 Å². The molecule has 1 aromatic carbocycles. The molecule has 0 saturated carbocycles. The summed E-state index contributed by atoms with van der Waals surface area (Å²) in [6.07, 6.45) is -1.99. The van der Waals surface area contributed by atoms with E-state index in [0.29, 0.717) is 11.5 Å². The fourth-order valence-corrected chi connectivity index (χ4v) is 2.43. The first-order valence-electron chi connectivity index (χ1n) is 7.93. The molecule has 0 radical (unpaired) electrons. The number of nitrogens with one attached hydrogen (secondary N) is 1. The van der Waals surface area contributed by atoms with Gasteiger partial charge in [0.25, 0.3) is 5.56 Å². The highest BCUT2D eigenvalue weighted by Crippen LogP contribution is 2.34. The molecule has 10 heteroatoms. The number of benzene rings is 1. The second kappa shape index (κ2) is 7.59. The molecule has 2 aromatic heterocycles. The quantitative estimate of drug-likeness (QED) is 0.720. The average Bonchev–Trinajstić information content (AvgIpc) is 3.17. The molecule has 0 fully saturated rings.